The SMILES string of the molecule is C=C(OC(C)=O)/C(=C/c1ccccc1)CCCC. The van der Waals surface area contributed by atoms with Gasteiger partial charge < -0.3 is 4.74 Å². The molecular formula is C16H20O2. The Labute approximate surface area is 109 Å². The van der Waals surface area contributed by atoms with Crippen LogP contribution in [0.1, 0.15) is 38.7 Å². The third-order valence-corrected chi connectivity index (χ3v) is 2.57. The molecule has 2 nitrogen and oxygen atoms in total. The van der Waals surface area contributed by atoms with Crippen LogP contribution < -0.4 is 0 Å². The highest BCUT2D eigenvalue weighted by Gasteiger charge is 2.06. The van der Waals surface area contributed by atoms with E-state index in [1.165, 1.54) is 6.92 Å². The fourth-order valence-corrected chi connectivity index (χ4v) is 1.65. The Morgan fingerprint density at radius 1 is 1.33 bits per heavy atom. The highest BCUT2D eigenvalue weighted by molar-refractivity contribution is 5.69. The number of unbranched alkanes of at least 4 members (excludes halogenated alkanes) is 1. The predicted octanol–water partition coefficient (Wildman–Crippen LogP) is 4.34. The van der Waals surface area contributed by atoms with Crippen LogP contribution in [0.2, 0.25) is 0 Å². The molecule has 1 aromatic rings. The summed E-state index contributed by atoms with van der Waals surface area (Å²) >= 11 is 0. The van der Waals surface area contributed by atoms with Crippen molar-refractivity contribution in [2.75, 3.05) is 0 Å². The van der Waals surface area contributed by atoms with Gasteiger partial charge in [0.15, 0.2) is 0 Å². The van der Waals surface area contributed by atoms with Crippen LogP contribution in [0.5, 0.6) is 0 Å². The summed E-state index contributed by atoms with van der Waals surface area (Å²) in [5.41, 5.74) is 2.08. The van der Waals surface area contributed by atoms with E-state index < -0.39 is 0 Å². The molecule has 0 atom stereocenters. The lowest BCUT2D eigenvalue weighted by molar-refractivity contribution is -0.136. The first-order valence-electron chi connectivity index (χ1n) is 6.26. The second-order valence-corrected chi connectivity index (χ2v) is 4.20. The molecule has 0 amide bonds. The molecule has 0 heterocycles. The molecule has 0 aliphatic rings. The highest BCUT2D eigenvalue weighted by atomic mass is 16.5. The molecule has 0 N–H and O–H groups in total. The normalized spacial score (nSPS) is 11.1. The van der Waals surface area contributed by atoms with Gasteiger partial charge in [-0.1, -0.05) is 50.3 Å². The molecule has 1 aromatic carbocycles. The number of carbonyl (C=O) groups excluding carboxylic acids is 1. The van der Waals surface area contributed by atoms with E-state index >= 15 is 0 Å². The summed E-state index contributed by atoms with van der Waals surface area (Å²) in [6.07, 6.45) is 5.05. The van der Waals surface area contributed by atoms with Crippen LogP contribution in [-0.2, 0) is 9.53 Å². The van der Waals surface area contributed by atoms with Gasteiger partial charge in [0.1, 0.15) is 5.76 Å². The Kier molecular flexibility index (Phi) is 5.92. The average molecular weight is 244 g/mol. The van der Waals surface area contributed by atoms with Gasteiger partial charge in [0.05, 0.1) is 0 Å². The molecule has 0 aliphatic heterocycles. The number of benzene rings is 1. The minimum atomic E-state index is -0.324. The van der Waals surface area contributed by atoms with Crippen molar-refractivity contribution < 1.29 is 9.53 Å². The van der Waals surface area contributed by atoms with Crippen molar-refractivity contribution in [1.29, 1.82) is 0 Å². The first-order chi connectivity index (χ1) is 8.63. The molecule has 18 heavy (non-hydrogen) atoms. The maximum Gasteiger partial charge on any atom is 0.308 e. The summed E-state index contributed by atoms with van der Waals surface area (Å²) in [6, 6.07) is 9.99. The van der Waals surface area contributed by atoms with Gasteiger partial charge in [-0.15, -0.1) is 0 Å². The first kappa shape index (κ1) is 14.2. The molecule has 0 spiro atoms. The van der Waals surface area contributed by atoms with Crippen LogP contribution in [0.15, 0.2) is 48.2 Å². The van der Waals surface area contributed by atoms with Crippen LogP contribution in [0.4, 0.5) is 0 Å². The zero-order valence-corrected chi connectivity index (χ0v) is 11.1. The summed E-state index contributed by atoms with van der Waals surface area (Å²) in [5.74, 6) is 0.135. The topological polar surface area (TPSA) is 26.3 Å². The van der Waals surface area contributed by atoms with E-state index in [4.69, 9.17) is 4.74 Å². The monoisotopic (exact) mass is 244 g/mol. The van der Waals surface area contributed by atoms with Crippen LogP contribution in [0.3, 0.4) is 0 Å². The molecule has 0 bridgehead atoms. The Morgan fingerprint density at radius 2 is 2.00 bits per heavy atom. The van der Waals surface area contributed by atoms with Gasteiger partial charge in [0.2, 0.25) is 0 Å². The van der Waals surface area contributed by atoms with Crippen LogP contribution in [0, 0.1) is 0 Å². The van der Waals surface area contributed by atoms with Crippen LogP contribution in [0.25, 0.3) is 6.08 Å². The largest absolute Gasteiger partial charge is 0.427 e. The molecule has 0 radical (unpaired) electrons. The van der Waals surface area contributed by atoms with Crippen molar-refractivity contribution in [3.63, 3.8) is 0 Å². The van der Waals surface area contributed by atoms with Gasteiger partial charge in [-0.3, -0.25) is 4.79 Å². The molecule has 96 valence electrons. The summed E-state index contributed by atoms with van der Waals surface area (Å²) in [5, 5.41) is 0. The van der Waals surface area contributed by atoms with Gasteiger partial charge in [0, 0.05) is 6.92 Å². The Morgan fingerprint density at radius 3 is 2.56 bits per heavy atom. The van der Waals surface area contributed by atoms with Crippen molar-refractivity contribution in [3.05, 3.63) is 53.8 Å². The predicted molar refractivity (Wildman–Crippen MR) is 74.9 cm³/mol. The molecule has 0 fully saturated rings. The quantitative estimate of drug-likeness (QED) is 0.423. The van der Waals surface area contributed by atoms with Crippen molar-refractivity contribution >= 4 is 12.0 Å². The second kappa shape index (κ2) is 7.49. The maximum absolute atomic E-state index is 11.0. The van der Waals surface area contributed by atoms with Gasteiger partial charge in [-0.25, -0.2) is 0 Å². The molecule has 0 unspecified atom stereocenters. The summed E-state index contributed by atoms with van der Waals surface area (Å²) in [7, 11) is 0. The molecule has 2 heteroatoms. The van der Waals surface area contributed by atoms with Crippen molar-refractivity contribution in [2.24, 2.45) is 0 Å². The maximum atomic E-state index is 11.0. The number of carbonyl (C=O) groups is 1. The van der Waals surface area contributed by atoms with Gasteiger partial charge in [-0.2, -0.15) is 0 Å². The van der Waals surface area contributed by atoms with Crippen molar-refractivity contribution in [2.45, 2.75) is 33.1 Å². The standard InChI is InChI=1S/C16H20O2/c1-4-5-11-16(13(2)18-14(3)17)12-15-9-7-6-8-10-15/h6-10,12H,2,4-5,11H2,1,3H3/b16-12+. The fourth-order valence-electron chi connectivity index (χ4n) is 1.65. The summed E-state index contributed by atoms with van der Waals surface area (Å²) in [6.45, 7) is 7.36. The molecular weight excluding hydrogens is 224 g/mol. The number of allylic oxidation sites excluding steroid dienone is 1. The van der Waals surface area contributed by atoms with Crippen molar-refractivity contribution in [1.82, 2.24) is 0 Å². The molecule has 1 rings (SSSR count). The molecule has 0 aromatic heterocycles. The number of hydrogen-bond acceptors (Lipinski definition) is 2. The summed E-state index contributed by atoms with van der Waals surface area (Å²) in [4.78, 5) is 11.0. The van der Waals surface area contributed by atoms with E-state index in [1.54, 1.807) is 0 Å². The number of ether oxygens (including phenoxy) is 1. The lowest BCUT2D eigenvalue weighted by Gasteiger charge is -2.10. The fraction of sp³-hybridized carbons (Fsp3) is 0.312. The van der Waals surface area contributed by atoms with E-state index in [1.807, 2.05) is 36.4 Å². The zero-order valence-electron chi connectivity index (χ0n) is 11.1. The lowest BCUT2D eigenvalue weighted by Crippen LogP contribution is -2.00. The Balaban J connectivity index is 2.87. The van der Waals surface area contributed by atoms with E-state index in [9.17, 15) is 4.79 Å². The smallest absolute Gasteiger partial charge is 0.308 e. The van der Waals surface area contributed by atoms with Gasteiger partial charge >= 0.3 is 5.97 Å². The Hall–Kier alpha value is -1.83. The minimum absolute atomic E-state index is 0.324. The van der Waals surface area contributed by atoms with Crippen LogP contribution in [-0.4, -0.2) is 5.97 Å². The third kappa shape index (κ3) is 5.00. The van der Waals surface area contributed by atoms with E-state index in [-0.39, 0.29) is 5.97 Å². The van der Waals surface area contributed by atoms with Crippen molar-refractivity contribution in [3.8, 4) is 0 Å². The van der Waals surface area contributed by atoms with Crippen LogP contribution >= 0.6 is 0 Å². The third-order valence-electron chi connectivity index (χ3n) is 2.57. The molecule has 0 saturated carbocycles. The van der Waals surface area contributed by atoms with E-state index in [0.29, 0.717) is 5.76 Å². The highest BCUT2D eigenvalue weighted by Crippen LogP contribution is 2.20. The zero-order chi connectivity index (χ0) is 13.4. The first-order valence-corrected chi connectivity index (χ1v) is 6.26. The number of rotatable bonds is 6. The molecule has 0 aliphatic carbocycles. The van der Waals surface area contributed by atoms with Gasteiger partial charge in [0.25, 0.3) is 0 Å². The number of hydrogen-bond donors (Lipinski definition) is 0. The molecule has 0 saturated heterocycles. The lowest BCUT2D eigenvalue weighted by atomic mass is 10.0. The van der Waals surface area contributed by atoms with Gasteiger partial charge in [-0.05, 0) is 30.1 Å². The minimum Gasteiger partial charge on any atom is -0.427 e. The second-order valence-electron chi connectivity index (χ2n) is 4.20. The Bertz CT molecular complexity index is 430. The van der Waals surface area contributed by atoms with E-state index in [2.05, 4.69) is 13.5 Å². The average Bonchev–Trinajstić information content (AvgIpc) is 2.34. The summed E-state index contributed by atoms with van der Waals surface area (Å²) < 4.78 is 5.08. The van der Waals surface area contributed by atoms with E-state index in [0.717, 1.165) is 30.4 Å². The number of esters is 1.